The highest BCUT2D eigenvalue weighted by atomic mass is 127. The SMILES string of the molecule is CCCCCCCCc1cccc(S(=O)(=O)n2c(I)cc3ccccc32)c1. The summed E-state index contributed by atoms with van der Waals surface area (Å²) in [6.45, 7) is 2.22. The number of hydrogen-bond donors (Lipinski definition) is 0. The Hall–Kier alpha value is -1.34. The minimum atomic E-state index is -3.61. The van der Waals surface area contributed by atoms with Crippen LogP contribution in [-0.4, -0.2) is 12.4 Å². The van der Waals surface area contributed by atoms with E-state index >= 15 is 0 Å². The number of benzene rings is 2. The molecule has 0 amide bonds. The molecule has 0 saturated carbocycles. The molecule has 3 aromatic rings. The number of aromatic nitrogens is 1. The average molecular weight is 495 g/mol. The molecule has 0 atom stereocenters. The highest BCUT2D eigenvalue weighted by Gasteiger charge is 2.22. The molecule has 0 radical (unpaired) electrons. The van der Waals surface area contributed by atoms with Gasteiger partial charge in [-0.05, 0) is 65.3 Å². The molecule has 3 rings (SSSR count). The van der Waals surface area contributed by atoms with Crippen LogP contribution < -0.4 is 0 Å². The molecule has 0 unspecified atom stereocenters. The lowest BCUT2D eigenvalue weighted by molar-refractivity contribution is 0.587. The Balaban J connectivity index is 1.80. The van der Waals surface area contributed by atoms with Crippen LogP contribution in [0, 0.1) is 3.70 Å². The molecule has 0 saturated heterocycles. The largest absolute Gasteiger partial charge is 0.269 e. The summed E-state index contributed by atoms with van der Waals surface area (Å²) in [6.07, 6.45) is 8.36. The number of aryl methyl sites for hydroxylation is 1. The Morgan fingerprint density at radius 1 is 0.889 bits per heavy atom. The number of para-hydroxylation sites is 1. The van der Waals surface area contributed by atoms with Crippen LogP contribution in [0.4, 0.5) is 0 Å². The Kier molecular flexibility index (Phi) is 6.98. The van der Waals surface area contributed by atoms with Crippen molar-refractivity contribution in [2.24, 2.45) is 0 Å². The van der Waals surface area contributed by atoms with Gasteiger partial charge in [-0.25, -0.2) is 12.4 Å². The van der Waals surface area contributed by atoms with E-state index in [1.165, 1.54) is 36.1 Å². The number of nitrogens with zero attached hydrogens (tertiary/aromatic N) is 1. The molecule has 0 bridgehead atoms. The smallest absolute Gasteiger partial charge is 0.228 e. The predicted molar refractivity (Wildman–Crippen MR) is 121 cm³/mol. The lowest BCUT2D eigenvalue weighted by atomic mass is 10.1. The van der Waals surface area contributed by atoms with Gasteiger partial charge in [-0.2, -0.15) is 0 Å². The summed E-state index contributed by atoms with van der Waals surface area (Å²) < 4.78 is 28.7. The zero-order valence-corrected chi connectivity index (χ0v) is 18.7. The molecule has 3 nitrogen and oxygen atoms in total. The monoisotopic (exact) mass is 495 g/mol. The standard InChI is InChI=1S/C22H26INO2S/c1-2-3-4-5-6-7-11-18-12-10-14-20(16-18)27(25,26)24-21-15-9-8-13-19(21)17-22(24)23/h8-10,12-17H,2-7,11H2,1H3. The van der Waals surface area contributed by atoms with Gasteiger partial charge in [0.15, 0.2) is 0 Å². The molecule has 0 aliphatic rings. The van der Waals surface area contributed by atoms with E-state index in [0.29, 0.717) is 8.60 Å². The minimum absolute atomic E-state index is 0.366. The second-order valence-corrected chi connectivity index (χ2v) is 9.85. The molecule has 1 heterocycles. The third-order valence-corrected chi connectivity index (χ3v) is 7.72. The van der Waals surface area contributed by atoms with Crippen molar-refractivity contribution in [3.05, 3.63) is 63.9 Å². The van der Waals surface area contributed by atoms with Gasteiger partial charge < -0.3 is 0 Å². The summed E-state index contributed by atoms with van der Waals surface area (Å²) in [7, 11) is -3.61. The summed E-state index contributed by atoms with van der Waals surface area (Å²) in [6, 6.07) is 16.9. The maximum Gasteiger partial charge on any atom is 0.269 e. The number of unbranched alkanes of at least 4 members (excludes halogenated alkanes) is 5. The number of rotatable bonds is 9. The first-order chi connectivity index (χ1) is 13.0. The maximum absolute atomic E-state index is 13.3. The summed E-state index contributed by atoms with van der Waals surface area (Å²) >= 11 is 2.10. The average Bonchev–Trinajstić information content (AvgIpc) is 3.01. The lowest BCUT2D eigenvalue weighted by Crippen LogP contribution is -2.14. The van der Waals surface area contributed by atoms with Gasteiger partial charge in [-0.15, -0.1) is 0 Å². The molecule has 2 aromatic carbocycles. The number of halogens is 1. The van der Waals surface area contributed by atoms with E-state index in [2.05, 4.69) is 29.5 Å². The van der Waals surface area contributed by atoms with Gasteiger partial charge in [-0.3, -0.25) is 0 Å². The zero-order chi connectivity index (χ0) is 19.3. The molecule has 144 valence electrons. The third-order valence-electron chi connectivity index (χ3n) is 4.88. The van der Waals surface area contributed by atoms with Crippen molar-refractivity contribution in [3.63, 3.8) is 0 Å². The van der Waals surface area contributed by atoms with Crippen LogP contribution in [0.5, 0.6) is 0 Å². The summed E-state index contributed by atoms with van der Waals surface area (Å²) in [5, 5.41) is 0.939. The molecule has 27 heavy (non-hydrogen) atoms. The minimum Gasteiger partial charge on any atom is -0.228 e. The van der Waals surface area contributed by atoms with E-state index in [1.54, 1.807) is 6.07 Å². The third kappa shape index (κ3) is 4.74. The van der Waals surface area contributed by atoms with Crippen LogP contribution in [0.2, 0.25) is 0 Å². The van der Waals surface area contributed by atoms with E-state index in [-0.39, 0.29) is 0 Å². The summed E-state index contributed by atoms with van der Waals surface area (Å²) in [4.78, 5) is 0.366. The fraction of sp³-hybridized carbons (Fsp3) is 0.364. The van der Waals surface area contributed by atoms with Crippen molar-refractivity contribution in [1.82, 2.24) is 3.97 Å². The molecule has 0 fully saturated rings. The Morgan fingerprint density at radius 3 is 2.44 bits per heavy atom. The zero-order valence-electron chi connectivity index (χ0n) is 15.7. The van der Waals surface area contributed by atoms with Crippen molar-refractivity contribution in [3.8, 4) is 0 Å². The molecule has 5 heteroatoms. The van der Waals surface area contributed by atoms with E-state index in [0.717, 1.165) is 29.3 Å². The first-order valence-electron chi connectivity index (χ1n) is 9.64. The number of hydrogen-bond acceptors (Lipinski definition) is 2. The van der Waals surface area contributed by atoms with Crippen LogP contribution >= 0.6 is 22.6 Å². The van der Waals surface area contributed by atoms with Gasteiger partial charge in [0.2, 0.25) is 0 Å². The fourth-order valence-corrected chi connectivity index (χ4v) is 6.26. The quantitative estimate of drug-likeness (QED) is 0.255. The van der Waals surface area contributed by atoms with Gasteiger partial charge in [-0.1, -0.05) is 69.4 Å². The lowest BCUT2D eigenvalue weighted by Gasteiger charge is -2.11. The van der Waals surface area contributed by atoms with Crippen molar-refractivity contribution in [1.29, 1.82) is 0 Å². The van der Waals surface area contributed by atoms with E-state index < -0.39 is 10.0 Å². The van der Waals surface area contributed by atoms with Crippen molar-refractivity contribution < 1.29 is 8.42 Å². The molecular formula is C22H26INO2S. The highest BCUT2D eigenvalue weighted by Crippen LogP contribution is 2.27. The van der Waals surface area contributed by atoms with Crippen molar-refractivity contribution in [2.75, 3.05) is 0 Å². The molecule has 1 aromatic heterocycles. The Bertz CT molecular complexity index is 1010. The molecule has 0 aliphatic heterocycles. The predicted octanol–water partition coefficient (Wildman–Crippen LogP) is 6.39. The summed E-state index contributed by atoms with van der Waals surface area (Å²) in [5.41, 5.74) is 1.82. The van der Waals surface area contributed by atoms with Crippen LogP contribution in [0.25, 0.3) is 10.9 Å². The van der Waals surface area contributed by atoms with Crippen LogP contribution in [0.15, 0.2) is 59.5 Å². The fourth-order valence-electron chi connectivity index (χ4n) is 3.42. The first kappa shape index (κ1) is 20.4. The van der Waals surface area contributed by atoms with E-state index in [4.69, 9.17) is 0 Å². The first-order valence-corrected chi connectivity index (χ1v) is 12.2. The van der Waals surface area contributed by atoms with Gasteiger partial charge in [0.05, 0.1) is 14.1 Å². The highest BCUT2D eigenvalue weighted by molar-refractivity contribution is 14.1. The normalized spacial score (nSPS) is 11.9. The molecule has 0 spiro atoms. The van der Waals surface area contributed by atoms with Gasteiger partial charge >= 0.3 is 0 Å². The van der Waals surface area contributed by atoms with Gasteiger partial charge in [0.1, 0.15) is 0 Å². The number of fused-ring (bicyclic) bond motifs is 1. The summed E-state index contributed by atoms with van der Waals surface area (Å²) in [5.74, 6) is 0. The van der Waals surface area contributed by atoms with Crippen molar-refractivity contribution >= 4 is 43.5 Å². The molecular weight excluding hydrogens is 469 g/mol. The van der Waals surface area contributed by atoms with Crippen molar-refractivity contribution in [2.45, 2.75) is 56.8 Å². The Labute approximate surface area is 176 Å². The van der Waals surface area contributed by atoms with Crippen LogP contribution in [0.1, 0.15) is 51.0 Å². The maximum atomic E-state index is 13.3. The van der Waals surface area contributed by atoms with E-state index in [1.807, 2.05) is 48.5 Å². The second-order valence-electron chi connectivity index (χ2n) is 6.96. The van der Waals surface area contributed by atoms with Crippen LogP contribution in [-0.2, 0) is 16.4 Å². The van der Waals surface area contributed by atoms with Crippen LogP contribution in [0.3, 0.4) is 0 Å². The van der Waals surface area contributed by atoms with Gasteiger partial charge in [0.25, 0.3) is 10.0 Å². The van der Waals surface area contributed by atoms with E-state index in [9.17, 15) is 8.42 Å². The molecule has 0 N–H and O–H groups in total. The molecule has 0 aliphatic carbocycles. The van der Waals surface area contributed by atoms with Gasteiger partial charge in [0, 0.05) is 5.39 Å². The second kappa shape index (κ2) is 9.24. The Morgan fingerprint density at radius 2 is 1.63 bits per heavy atom. The topological polar surface area (TPSA) is 39.1 Å².